The maximum atomic E-state index is 13.2. The van der Waals surface area contributed by atoms with Crippen LogP contribution in [0.5, 0.6) is 0 Å². The summed E-state index contributed by atoms with van der Waals surface area (Å²) >= 11 is 0. The largest absolute Gasteiger partial charge is 0.467 e. The highest BCUT2D eigenvalue weighted by Crippen LogP contribution is 2.36. The molecular weight excluding hydrogens is 353 g/mol. The van der Waals surface area contributed by atoms with Crippen molar-refractivity contribution >= 4 is 20.2 Å². The summed E-state index contributed by atoms with van der Waals surface area (Å²) in [6, 6.07) is 5.04. The van der Waals surface area contributed by atoms with E-state index in [1.807, 2.05) is 0 Å². The number of benzene rings is 1. The molecule has 0 fully saturated rings. The van der Waals surface area contributed by atoms with Gasteiger partial charge in [0.25, 0.3) is 0 Å². The molecule has 7 heteroatoms. The van der Waals surface area contributed by atoms with E-state index in [9.17, 15) is 14.0 Å². The molecule has 1 amide bonds. The van der Waals surface area contributed by atoms with E-state index >= 15 is 0 Å². The Labute approximate surface area is 156 Å². The molecule has 0 spiro atoms. The van der Waals surface area contributed by atoms with Gasteiger partial charge < -0.3 is 14.5 Å². The Morgan fingerprint density at radius 2 is 1.92 bits per heavy atom. The molecule has 0 aliphatic heterocycles. The summed E-state index contributed by atoms with van der Waals surface area (Å²) in [6.07, 6.45) is 0.322. The number of ether oxygens (including phenoxy) is 1. The van der Waals surface area contributed by atoms with E-state index in [0.29, 0.717) is 18.6 Å². The average molecular weight is 384 g/mol. The lowest BCUT2D eigenvalue weighted by molar-refractivity contribution is -0.145. The SMILES string of the molecule is COC(=O)[C@@H](CCO[Si](C)(C)C(C)(C)C)NC(=O)Cc1cccc(F)c1. The van der Waals surface area contributed by atoms with Gasteiger partial charge in [-0.1, -0.05) is 32.9 Å². The number of amides is 1. The number of methoxy groups -OCH3 is 1. The first-order valence-corrected chi connectivity index (χ1v) is 11.6. The Balaban J connectivity index is 2.64. The summed E-state index contributed by atoms with van der Waals surface area (Å²) < 4.78 is 24.1. The standard InChI is InChI=1S/C19H30FNO4Si/c1-19(2,3)26(5,6)25-11-10-16(18(23)24-4)21-17(22)13-14-8-7-9-15(20)12-14/h7-9,12,16H,10-11,13H2,1-6H3,(H,21,22)/t16-/m1/s1. The molecule has 0 saturated heterocycles. The highest BCUT2D eigenvalue weighted by atomic mass is 28.4. The second-order valence-electron chi connectivity index (χ2n) is 7.85. The van der Waals surface area contributed by atoms with Crippen molar-refractivity contribution in [1.29, 1.82) is 0 Å². The number of rotatable bonds is 8. The number of carbonyl (C=O) groups is 2. The van der Waals surface area contributed by atoms with Gasteiger partial charge in [-0.15, -0.1) is 0 Å². The Morgan fingerprint density at radius 3 is 2.46 bits per heavy atom. The second kappa shape index (κ2) is 9.28. The lowest BCUT2D eigenvalue weighted by atomic mass is 10.1. The molecule has 1 N–H and O–H groups in total. The molecule has 5 nitrogen and oxygen atoms in total. The number of carbonyl (C=O) groups excluding carboxylic acids is 2. The van der Waals surface area contributed by atoms with Gasteiger partial charge >= 0.3 is 5.97 Å². The van der Waals surface area contributed by atoms with Crippen molar-refractivity contribution in [2.75, 3.05) is 13.7 Å². The Morgan fingerprint density at radius 1 is 1.27 bits per heavy atom. The minimum Gasteiger partial charge on any atom is -0.467 e. The summed E-state index contributed by atoms with van der Waals surface area (Å²) in [5.41, 5.74) is 0.545. The zero-order valence-corrected chi connectivity index (χ0v) is 17.5. The van der Waals surface area contributed by atoms with Crippen LogP contribution in [0.15, 0.2) is 24.3 Å². The molecule has 26 heavy (non-hydrogen) atoms. The van der Waals surface area contributed by atoms with Crippen LogP contribution in [-0.2, 0) is 25.2 Å². The number of hydrogen-bond acceptors (Lipinski definition) is 4. The third-order valence-electron chi connectivity index (χ3n) is 4.75. The van der Waals surface area contributed by atoms with E-state index in [2.05, 4.69) is 39.2 Å². The topological polar surface area (TPSA) is 64.6 Å². The van der Waals surface area contributed by atoms with Crippen molar-refractivity contribution in [3.05, 3.63) is 35.6 Å². The van der Waals surface area contributed by atoms with Gasteiger partial charge in [0.15, 0.2) is 8.32 Å². The molecule has 146 valence electrons. The third-order valence-corrected chi connectivity index (χ3v) is 9.29. The van der Waals surface area contributed by atoms with Crippen molar-refractivity contribution in [3.63, 3.8) is 0 Å². The lowest BCUT2D eigenvalue weighted by Gasteiger charge is -2.36. The first-order valence-electron chi connectivity index (χ1n) is 8.72. The molecule has 0 heterocycles. The summed E-state index contributed by atoms with van der Waals surface area (Å²) in [6.45, 7) is 11.0. The number of nitrogens with one attached hydrogen (secondary N) is 1. The quantitative estimate of drug-likeness (QED) is 0.552. The van der Waals surface area contributed by atoms with Crippen molar-refractivity contribution in [3.8, 4) is 0 Å². The molecule has 0 aliphatic rings. The van der Waals surface area contributed by atoms with Crippen molar-refractivity contribution < 1.29 is 23.1 Å². The fourth-order valence-corrected chi connectivity index (χ4v) is 3.18. The Kier molecular flexibility index (Phi) is 7.96. The third kappa shape index (κ3) is 6.88. The van der Waals surface area contributed by atoms with Gasteiger partial charge in [0.05, 0.1) is 13.5 Å². The van der Waals surface area contributed by atoms with Crippen molar-refractivity contribution in [1.82, 2.24) is 5.32 Å². The lowest BCUT2D eigenvalue weighted by Crippen LogP contribution is -2.45. The fraction of sp³-hybridized carbons (Fsp3) is 0.579. The molecule has 0 bridgehead atoms. The van der Waals surface area contributed by atoms with E-state index in [0.717, 1.165) is 0 Å². The average Bonchev–Trinajstić information content (AvgIpc) is 2.51. The second-order valence-corrected chi connectivity index (χ2v) is 12.7. The van der Waals surface area contributed by atoms with Crippen molar-refractivity contribution in [2.24, 2.45) is 0 Å². The number of esters is 1. The molecule has 1 rings (SSSR count). The minimum absolute atomic E-state index is 0.00561. The monoisotopic (exact) mass is 383 g/mol. The zero-order chi connectivity index (χ0) is 20.0. The molecule has 0 saturated carbocycles. The molecule has 0 radical (unpaired) electrons. The maximum absolute atomic E-state index is 13.2. The van der Waals surface area contributed by atoms with Crippen LogP contribution in [0.2, 0.25) is 18.1 Å². The Bertz CT molecular complexity index is 628. The van der Waals surface area contributed by atoms with Crippen LogP contribution in [-0.4, -0.2) is 40.0 Å². The van der Waals surface area contributed by atoms with Crippen LogP contribution in [0, 0.1) is 5.82 Å². The highest BCUT2D eigenvalue weighted by Gasteiger charge is 2.37. The summed E-state index contributed by atoms with van der Waals surface area (Å²) in [7, 11) is -0.650. The normalized spacial score (nSPS) is 13.2. The predicted octanol–water partition coefficient (Wildman–Crippen LogP) is 3.44. The predicted molar refractivity (Wildman–Crippen MR) is 102 cm³/mol. The summed E-state index contributed by atoms with van der Waals surface area (Å²) in [5.74, 6) is -1.28. The van der Waals surface area contributed by atoms with E-state index in [4.69, 9.17) is 9.16 Å². The summed E-state index contributed by atoms with van der Waals surface area (Å²) in [5, 5.41) is 2.72. The minimum atomic E-state index is -1.93. The smallest absolute Gasteiger partial charge is 0.328 e. The molecule has 0 aliphatic carbocycles. The van der Waals surface area contributed by atoms with E-state index in [1.54, 1.807) is 12.1 Å². The van der Waals surface area contributed by atoms with Gasteiger partial charge in [-0.05, 0) is 35.8 Å². The molecule has 0 aromatic heterocycles. The fourth-order valence-electron chi connectivity index (χ4n) is 2.12. The van der Waals surface area contributed by atoms with Crippen LogP contribution in [0.3, 0.4) is 0 Å². The summed E-state index contributed by atoms with van der Waals surface area (Å²) in [4.78, 5) is 24.2. The molecule has 1 atom stereocenters. The van der Waals surface area contributed by atoms with Crippen LogP contribution in [0.4, 0.5) is 4.39 Å². The van der Waals surface area contributed by atoms with Crippen LogP contribution >= 0.6 is 0 Å². The van der Waals surface area contributed by atoms with E-state index in [1.165, 1.54) is 19.2 Å². The zero-order valence-electron chi connectivity index (χ0n) is 16.5. The highest BCUT2D eigenvalue weighted by molar-refractivity contribution is 6.74. The number of hydrogen-bond donors (Lipinski definition) is 1. The Hall–Kier alpha value is -1.73. The number of halogens is 1. The van der Waals surface area contributed by atoms with Gasteiger partial charge in [0.1, 0.15) is 11.9 Å². The van der Waals surface area contributed by atoms with Gasteiger partial charge in [0, 0.05) is 13.0 Å². The molecule has 1 aromatic carbocycles. The van der Waals surface area contributed by atoms with Gasteiger partial charge in [-0.3, -0.25) is 4.79 Å². The molecule has 1 aromatic rings. The van der Waals surface area contributed by atoms with Gasteiger partial charge in [0.2, 0.25) is 5.91 Å². The van der Waals surface area contributed by atoms with E-state index < -0.39 is 26.1 Å². The van der Waals surface area contributed by atoms with Crippen LogP contribution in [0.1, 0.15) is 32.8 Å². The van der Waals surface area contributed by atoms with Gasteiger partial charge in [-0.2, -0.15) is 0 Å². The molecular formula is C19H30FNO4Si. The van der Waals surface area contributed by atoms with Crippen LogP contribution in [0.25, 0.3) is 0 Å². The van der Waals surface area contributed by atoms with E-state index in [-0.39, 0.29) is 17.4 Å². The van der Waals surface area contributed by atoms with Gasteiger partial charge in [-0.25, -0.2) is 9.18 Å². The van der Waals surface area contributed by atoms with Crippen LogP contribution < -0.4 is 5.32 Å². The molecule has 0 unspecified atom stereocenters. The first kappa shape index (κ1) is 22.3. The first-order chi connectivity index (χ1) is 12.0. The maximum Gasteiger partial charge on any atom is 0.328 e. The van der Waals surface area contributed by atoms with Crippen molar-refractivity contribution in [2.45, 2.75) is 57.8 Å².